The van der Waals surface area contributed by atoms with Gasteiger partial charge in [-0.3, -0.25) is 9.69 Å². The van der Waals surface area contributed by atoms with Crippen molar-refractivity contribution in [2.45, 2.75) is 34.2 Å². The summed E-state index contributed by atoms with van der Waals surface area (Å²) < 4.78 is 1.49. The van der Waals surface area contributed by atoms with Crippen molar-refractivity contribution < 1.29 is 9.72 Å². The number of thiazole rings is 1. The van der Waals surface area contributed by atoms with Gasteiger partial charge in [-0.2, -0.15) is 0 Å². The SMILES string of the molecule is CC(=O)N(c1nc(Cn2c([N+](=O)[O-])cnc2C)cs1)c1ccc(C)cc1C. The summed E-state index contributed by atoms with van der Waals surface area (Å²) in [5.74, 6) is 0.307. The standard InChI is InChI=1S/C18H19N5O3S/c1-11-5-6-16(12(2)7-11)22(14(4)24)18-20-15(10-27-18)9-21-13(3)19-8-17(21)23(25)26/h5-8,10H,9H2,1-4H3. The Labute approximate surface area is 160 Å². The van der Waals surface area contributed by atoms with E-state index in [0.29, 0.717) is 16.6 Å². The molecule has 0 aliphatic carbocycles. The Bertz CT molecular complexity index is 1020. The normalized spacial score (nSPS) is 10.8. The number of nitro groups is 1. The van der Waals surface area contributed by atoms with Crippen molar-refractivity contribution in [3.63, 3.8) is 0 Å². The van der Waals surface area contributed by atoms with E-state index in [1.807, 2.05) is 32.0 Å². The Morgan fingerprint density at radius 2 is 2.07 bits per heavy atom. The first-order valence-electron chi connectivity index (χ1n) is 8.26. The third-order valence-corrected chi connectivity index (χ3v) is 5.05. The highest BCUT2D eigenvalue weighted by Gasteiger charge is 2.22. The van der Waals surface area contributed by atoms with Crippen LogP contribution in [0.1, 0.15) is 29.6 Å². The molecule has 0 saturated carbocycles. The highest BCUT2D eigenvalue weighted by molar-refractivity contribution is 7.14. The number of benzene rings is 1. The zero-order chi connectivity index (χ0) is 19.7. The smallest absolute Gasteiger partial charge is 0.343 e. The molecule has 0 saturated heterocycles. The first-order chi connectivity index (χ1) is 12.8. The van der Waals surface area contributed by atoms with Crippen molar-refractivity contribution in [2.75, 3.05) is 4.90 Å². The van der Waals surface area contributed by atoms with Gasteiger partial charge in [0.15, 0.2) is 11.0 Å². The number of imidazole rings is 1. The van der Waals surface area contributed by atoms with Crippen molar-refractivity contribution in [3.8, 4) is 0 Å². The summed E-state index contributed by atoms with van der Waals surface area (Å²) in [6.07, 6.45) is 1.24. The third kappa shape index (κ3) is 3.72. The molecule has 8 nitrogen and oxygen atoms in total. The molecule has 0 atom stereocenters. The fraction of sp³-hybridized carbons (Fsp3) is 0.278. The lowest BCUT2D eigenvalue weighted by atomic mass is 10.1. The van der Waals surface area contributed by atoms with Crippen molar-refractivity contribution in [2.24, 2.45) is 0 Å². The fourth-order valence-corrected chi connectivity index (χ4v) is 3.77. The van der Waals surface area contributed by atoms with Gasteiger partial charge in [-0.15, -0.1) is 11.3 Å². The van der Waals surface area contributed by atoms with Crippen LogP contribution in [0.3, 0.4) is 0 Å². The topological polar surface area (TPSA) is 94.2 Å². The van der Waals surface area contributed by atoms with Crippen LogP contribution in [0, 0.1) is 30.9 Å². The number of anilines is 2. The lowest BCUT2D eigenvalue weighted by Crippen LogP contribution is -2.23. The maximum Gasteiger partial charge on any atom is 0.343 e. The Morgan fingerprint density at radius 3 is 2.70 bits per heavy atom. The molecular weight excluding hydrogens is 366 g/mol. The molecule has 27 heavy (non-hydrogen) atoms. The van der Waals surface area contributed by atoms with Gasteiger partial charge in [-0.25, -0.2) is 14.5 Å². The van der Waals surface area contributed by atoms with E-state index >= 15 is 0 Å². The zero-order valence-electron chi connectivity index (χ0n) is 15.5. The number of carbonyl (C=O) groups is 1. The first kappa shape index (κ1) is 18.7. The van der Waals surface area contributed by atoms with Crippen LogP contribution < -0.4 is 4.90 Å². The van der Waals surface area contributed by atoms with Gasteiger partial charge < -0.3 is 10.1 Å². The van der Waals surface area contributed by atoms with Crippen molar-refractivity contribution in [1.82, 2.24) is 14.5 Å². The Hall–Kier alpha value is -3.07. The van der Waals surface area contributed by atoms with Crippen LogP contribution in [0.5, 0.6) is 0 Å². The van der Waals surface area contributed by atoms with Gasteiger partial charge >= 0.3 is 5.82 Å². The molecule has 0 radical (unpaired) electrons. The molecule has 3 aromatic rings. The molecule has 0 fully saturated rings. The minimum Gasteiger partial charge on any atom is -0.358 e. The van der Waals surface area contributed by atoms with Crippen LogP contribution in [0.15, 0.2) is 29.8 Å². The van der Waals surface area contributed by atoms with Gasteiger partial charge in [-0.1, -0.05) is 17.7 Å². The Morgan fingerprint density at radius 1 is 1.33 bits per heavy atom. The van der Waals surface area contributed by atoms with E-state index in [1.165, 1.54) is 29.0 Å². The molecule has 0 aliphatic heterocycles. The van der Waals surface area contributed by atoms with Crippen LogP contribution in [0.2, 0.25) is 0 Å². The maximum absolute atomic E-state index is 12.3. The van der Waals surface area contributed by atoms with E-state index < -0.39 is 4.92 Å². The van der Waals surface area contributed by atoms with Crippen LogP contribution in [0.25, 0.3) is 0 Å². The summed E-state index contributed by atoms with van der Waals surface area (Å²) in [5, 5.41) is 13.5. The second-order valence-electron chi connectivity index (χ2n) is 6.27. The van der Waals surface area contributed by atoms with E-state index in [9.17, 15) is 14.9 Å². The lowest BCUT2D eigenvalue weighted by molar-refractivity contribution is -0.392. The first-order valence-corrected chi connectivity index (χ1v) is 9.14. The van der Waals surface area contributed by atoms with Crippen LogP contribution in [0.4, 0.5) is 16.6 Å². The molecule has 2 heterocycles. The van der Waals surface area contributed by atoms with E-state index in [4.69, 9.17) is 0 Å². The summed E-state index contributed by atoms with van der Waals surface area (Å²) in [7, 11) is 0. The summed E-state index contributed by atoms with van der Waals surface area (Å²) in [4.78, 5) is 33.1. The molecule has 3 rings (SSSR count). The predicted molar refractivity (Wildman–Crippen MR) is 104 cm³/mol. The second-order valence-corrected chi connectivity index (χ2v) is 7.11. The van der Waals surface area contributed by atoms with Gasteiger partial charge in [0.05, 0.1) is 11.4 Å². The average Bonchev–Trinajstić information content (AvgIpc) is 3.18. The fourth-order valence-electron chi connectivity index (χ4n) is 2.89. The van der Waals surface area contributed by atoms with Gasteiger partial charge in [0.2, 0.25) is 5.91 Å². The third-order valence-electron chi connectivity index (χ3n) is 4.18. The van der Waals surface area contributed by atoms with Crippen molar-refractivity contribution in [1.29, 1.82) is 0 Å². The molecule has 9 heteroatoms. The number of hydrogen-bond donors (Lipinski definition) is 0. The number of carbonyl (C=O) groups excluding carboxylic acids is 1. The Balaban J connectivity index is 1.95. The second kappa shape index (κ2) is 7.28. The maximum atomic E-state index is 12.3. The molecule has 1 aromatic carbocycles. The predicted octanol–water partition coefficient (Wildman–Crippen LogP) is 3.91. The lowest BCUT2D eigenvalue weighted by Gasteiger charge is -2.20. The molecule has 0 unspecified atom stereocenters. The molecule has 1 amide bonds. The number of aromatic nitrogens is 3. The van der Waals surface area contributed by atoms with Gasteiger partial charge in [-0.05, 0) is 30.4 Å². The highest BCUT2D eigenvalue weighted by Crippen LogP contribution is 2.32. The zero-order valence-corrected chi connectivity index (χ0v) is 16.3. The van der Waals surface area contributed by atoms with Crippen molar-refractivity contribution >= 4 is 33.9 Å². The number of nitrogens with zero attached hydrogens (tertiary/aromatic N) is 5. The number of amides is 1. The van der Waals surface area contributed by atoms with E-state index in [0.717, 1.165) is 16.8 Å². The van der Waals surface area contributed by atoms with Crippen LogP contribution in [-0.4, -0.2) is 25.4 Å². The quantitative estimate of drug-likeness (QED) is 0.490. The number of hydrogen-bond acceptors (Lipinski definition) is 6. The summed E-state index contributed by atoms with van der Waals surface area (Å²) in [6, 6.07) is 5.86. The molecule has 0 spiro atoms. The summed E-state index contributed by atoms with van der Waals surface area (Å²) >= 11 is 1.33. The van der Waals surface area contributed by atoms with Crippen LogP contribution >= 0.6 is 11.3 Å². The minimum absolute atomic E-state index is 0.0835. The van der Waals surface area contributed by atoms with E-state index in [1.54, 1.807) is 17.2 Å². The molecule has 0 bridgehead atoms. The minimum atomic E-state index is -0.467. The van der Waals surface area contributed by atoms with E-state index in [2.05, 4.69) is 9.97 Å². The Kier molecular flexibility index (Phi) is 5.04. The van der Waals surface area contributed by atoms with Gasteiger partial charge in [0.25, 0.3) is 0 Å². The van der Waals surface area contributed by atoms with E-state index in [-0.39, 0.29) is 18.3 Å². The highest BCUT2D eigenvalue weighted by atomic mass is 32.1. The molecular formula is C18H19N5O3S. The van der Waals surface area contributed by atoms with Gasteiger partial charge in [0.1, 0.15) is 12.7 Å². The monoisotopic (exact) mass is 385 g/mol. The molecule has 2 aromatic heterocycles. The number of rotatable bonds is 5. The summed E-state index contributed by atoms with van der Waals surface area (Å²) in [6.45, 7) is 7.36. The molecule has 0 N–H and O–H groups in total. The number of aryl methyl sites for hydroxylation is 3. The van der Waals surface area contributed by atoms with Crippen LogP contribution in [-0.2, 0) is 11.3 Å². The molecule has 0 aliphatic rings. The largest absolute Gasteiger partial charge is 0.358 e. The molecule has 140 valence electrons. The summed E-state index contributed by atoms with van der Waals surface area (Å²) in [5.41, 5.74) is 3.50. The van der Waals surface area contributed by atoms with Crippen molar-refractivity contribution in [3.05, 3.63) is 62.5 Å². The van der Waals surface area contributed by atoms with Gasteiger partial charge in [0, 0.05) is 19.2 Å². The average molecular weight is 385 g/mol.